The molecule has 0 aromatic carbocycles. The van der Waals surface area contributed by atoms with Gasteiger partial charge in [-0.2, -0.15) is 0 Å². The Bertz CT molecular complexity index is 132. The number of ether oxygens (including phenoxy) is 1. The molecule has 4 nitrogen and oxygen atoms in total. The van der Waals surface area contributed by atoms with Crippen molar-refractivity contribution in [3.63, 3.8) is 0 Å². The van der Waals surface area contributed by atoms with Crippen LogP contribution >= 0.6 is 0 Å². The van der Waals surface area contributed by atoms with Crippen molar-refractivity contribution in [2.45, 2.75) is 13.0 Å². The number of hydrogen-bond acceptors (Lipinski definition) is 4. The van der Waals surface area contributed by atoms with Crippen molar-refractivity contribution >= 4 is 8.80 Å². The first-order valence-corrected chi connectivity index (χ1v) is 5.53. The predicted molar refractivity (Wildman–Crippen MR) is 43.4 cm³/mol. The van der Waals surface area contributed by atoms with Gasteiger partial charge in [0.25, 0.3) is 0 Å². The Morgan fingerprint density at radius 2 is 1.77 bits per heavy atom. The van der Waals surface area contributed by atoms with Crippen molar-refractivity contribution in [1.82, 2.24) is 0 Å². The largest absolute Gasteiger partial charge is 0.572 e. The molecule has 13 heavy (non-hydrogen) atoms. The highest BCUT2D eigenvalue weighted by Crippen LogP contribution is 2.16. The number of halogens is 2. The van der Waals surface area contributed by atoms with Crippen LogP contribution < -0.4 is 0 Å². The Balaban J connectivity index is 4.06. The maximum atomic E-state index is 12.4. The molecule has 0 fully saturated rings. The fourth-order valence-electron chi connectivity index (χ4n) is 0.649. The van der Waals surface area contributed by atoms with E-state index < -0.39 is 14.9 Å². The third kappa shape index (κ3) is 3.65. The second-order valence-corrected chi connectivity index (χ2v) is 4.82. The van der Waals surface area contributed by atoms with E-state index in [9.17, 15) is 8.78 Å². The highest BCUT2D eigenvalue weighted by Gasteiger charge is 2.50. The minimum Gasteiger partial charge on any atom is -0.374 e. The van der Waals surface area contributed by atoms with Gasteiger partial charge in [0.1, 0.15) is 6.79 Å². The van der Waals surface area contributed by atoms with Gasteiger partial charge in [-0.15, -0.1) is 0 Å². The van der Waals surface area contributed by atoms with E-state index in [-0.39, 0.29) is 6.79 Å². The van der Waals surface area contributed by atoms with E-state index in [1.165, 1.54) is 0 Å². The Labute approximate surface area is 77.1 Å². The zero-order valence-electron chi connectivity index (χ0n) is 7.88. The summed E-state index contributed by atoms with van der Waals surface area (Å²) in [6.07, 6.45) is 0. The van der Waals surface area contributed by atoms with Gasteiger partial charge in [-0.1, -0.05) is 0 Å². The SMILES string of the molecule is CCOCO[Si](OC)(OC)C(F)F. The molecule has 0 saturated carbocycles. The summed E-state index contributed by atoms with van der Waals surface area (Å²) in [5.74, 6) is 0. The summed E-state index contributed by atoms with van der Waals surface area (Å²) in [6.45, 7) is 1.88. The molecule has 7 heteroatoms. The molecule has 0 N–H and O–H groups in total. The maximum Gasteiger partial charge on any atom is 0.572 e. The normalized spacial score (nSPS) is 12.5. The highest BCUT2D eigenvalue weighted by molar-refractivity contribution is 6.61. The van der Waals surface area contributed by atoms with Crippen molar-refractivity contribution < 1.29 is 26.8 Å². The third-order valence-electron chi connectivity index (χ3n) is 1.38. The van der Waals surface area contributed by atoms with Crippen LogP contribution in [0.15, 0.2) is 0 Å². The van der Waals surface area contributed by atoms with Crippen LogP contribution in [0.2, 0.25) is 0 Å². The first-order chi connectivity index (χ1) is 6.13. The lowest BCUT2D eigenvalue weighted by atomic mass is 10.9. The van der Waals surface area contributed by atoms with Gasteiger partial charge >= 0.3 is 14.9 Å². The third-order valence-corrected chi connectivity index (χ3v) is 3.58. The Kier molecular flexibility index (Phi) is 6.34. The summed E-state index contributed by atoms with van der Waals surface area (Å²) >= 11 is 0. The Morgan fingerprint density at radius 1 is 1.23 bits per heavy atom. The minimum absolute atomic E-state index is 0.241. The lowest BCUT2D eigenvalue weighted by molar-refractivity contribution is -0.0514. The van der Waals surface area contributed by atoms with Crippen LogP contribution in [0.25, 0.3) is 0 Å². The zero-order valence-corrected chi connectivity index (χ0v) is 8.88. The molecule has 0 atom stereocenters. The van der Waals surface area contributed by atoms with Crippen LogP contribution in [0.3, 0.4) is 0 Å². The average molecular weight is 216 g/mol. The lowest BCUT2D eigenvalue weighted by Crippen LogP contribution is -2.51. The van der Waals surface area contributed by atoms with Crippen molar-refractivity contribution in [3.8, 4) is 0 Å². The molecule has 0 aliphatic rings. The van der Waals surface area contributed by atoms with Gasteiger partial charge in [0.2, 0.25) is 0 Å². The van der Waals surface area contributed by atoms with Crippen LogP contribution in [-0.2, 0) is 18.0 Å². The van der Waals surface area contributed by atoms with E-state index >= 15 is 0 Å². The first kappa shape index (κ1) is 12.9. The molecule has 0 bridgehead atoms. The summed E-state index contributed by atoms with van der Waals surface area (Å²) in [5, 5.41) is 0. The van der Waals surface area contributed by atoms with Crippen LogP contribution in [0, 0.1) is 0 Å². The molecular formula is C6H14F2O4Si. The van der Waals surface area contributed by atoms with Crippen LogP contribution in [0.4, 0.5) is 8.78 Å². The maximum absolute atomic E-state index is 12.4. The monoisotopic (exact) mass is 216 g/mol. The van der Waals surface area contributed by atoms with E-state index in [2.05, 4.69) is 8.85 Å². The van der Waals surface area contributed by atoms with Gasteiger partial charge in [0.05, 0.1) is 0 Å². The van der Waals surface area contributed by atoms with Crippen molar-refractivity contribution in [2.24, 2.45) is 0 Å². The average Bonchev–Trinajstić information content (AvgIpc) is 2.13. The molecule has 0 radical (unpaired) electrons. The van der Waals surface area contributed by atoms with E-state index in [0.717, 1.165) is 14.2 Å². The second-order valence-electron chi connectivity index (χ2n) is 2.07. The summed E-state index contributed by atoms with van der Waals surface area (Å²) in [5.41, 5.74) is 0. The lowest BCUT2D eigenvalue weighted by Gasteiger charge is -2.24. The molecule has 0 rings (SSSR count). The quantitative estimate of drug-likeness (QED) is 0.362. The molecule has 0 aliphatic heterocycles. The predicted octanol–water partition coefficient (Wildman–Crippen LogP) is 1.03. The van der Waals surface area contributed by atoms with Gasteiger partial charge < -0.3 is 18.0 Å². The molecule has 0 heterocycles. The smallest absolute Gasteiger partial charge is 0.374 e. The van der Waals surface area contributed by atoms with E-state index in [1.54, 1.807) is 6.92 Å². The van der Waals surface area contributed by atoms with E-state index in [4.69, 9.17) is 9.16 Å². The molecule has 0 aromatic heterocycles. The second kappa shape index (κ2) is 6.38. The zero-order chi connectivity index (χ0) is 10.3. The highest BCUT2D eigenvalue weighted by atomic mass is 28.4. The van der Waals surface area contributed by atoms with Crippen LogP contribution in [0.5, 0.6) is 0 Å². The molecule has 0 aliphatic carbocycles. The van der Waals surface area contributed by atoms with Gasteiger partial charge in [0.15, 0.2) is 0 Å². The van der Waals surface area contributed by atoms with E-state index in [1.807, 2.05) is 0 Å². The number of hydrogen-bond donors (Lipinski definition) is 0. The topological polar surface area (TPSA) is 36.9 Å². The summed E-state index contributed by atoms with van der Waals surface area (Å²) in [7, 11) is -1.55. The van der Waals surface area contributed by atoms with Crippen molar-refractivity contribution in [1.29, 1.82) is 0 Å². The molecule has 0 amide bonds. The van der Waals surface area contributed by atoms with Gasteiger partial charge in [-0.25, -0.2) is 8.78 Å². The van der Waals surface area contributed by atoms with Gasteiger partial charge in [0, 0.05) is 20.8 Å². The fourth-order valence-corrected chi connectivity index (χ4v) is 1.78. The molecule has 0 unspecified atom stereocenters. The summed E-state index contributed by atoms with van der Waals surface area (Å²) in [4.78, 5) is 0. The van der Waals surface area contributed by atoms with Gasteiger partial charge in [-0.05, 0) is 6.92 Å². The number of rotatable bonds is 7. The standard InChI is InChI=1S/C6H14F2O4Si/c1-4-11-5-12-13(9-2,10-3)6(7)8/h6H,4-5H2,1-3H3. The van der Waals surface area contributed by atoms with E-state index in [0.29, 0.717) is 6.61 Å². The first-order valence-electron chi connectivity index (χ1n) is 3.73. The van der Waals surface area contributed by atoms with Crippen molar-refractivity contribution in [3.05, 3.63) is 0 Å². The molecule has 80 valence electrons. The Hall–Kier alpha value is -0.0831. The van der Waals surface area contributed by atoms with Crippen LogP contribution in [-0.4, -0.2) is 42.5 Å². The molecular weight excluding hydrogens is 202 g/mol. The Morgan fingerprint density at radius 3 is 2.08 bits per heavy atom. The minimum atomic E-state index is -3.82. The summed E-state index contributed by atoms with van der Waals surface area (Å²) < 4.78 is 43.5. The van der Waals surface area contributed by atoms with Gasteiger partial charge in [-0.3, -0.25) is 0 Å². The molecule has 0 spiro atoms. The van der Waals surface area contributed by atoms with Crippen LogP contribution in [0.1, 0.15) is 6.92 Å². The van der Waals surface area contributed by atoms with Crippen molar-refractivity contribution in [2.75, 3.05) is 27.6 Å². The summed E-state index contributed by atoms with van der Waals surface area (Å²) in [6, 6.07) is -2.76. The number of alkyl halides is 2. The molecule has 0 aromatic rings. The fraction of sp³-hybridized carbons (Fsp3) is 1.00. The molecule has 0 saturated heterocycles.